The third-order valence-corrected chi connectivity index (χ3v) is 3.33. The van der Waals surface area contributed by atoms with Gasteiger partial charge in [-0.05, 0) is 43.7 Å². The number of carbonyl (C=O) groups excluding carboxylic acids is 2. The monoisotopic (exact) mass is 328 g/mol. The van der Waals surface area contributed by atoms with E-state index in [1.165, 1.54) is 13.2 Å². The summed E-state index contributed by atoms with van der Waals surface area (Å²) in [4.78, 5) is 23.3. The van der Waals surface area contributed by atoms with E-state index in [1.807, 2.05) is 32.0 Å². The molecule has 2 rings (SSSR count). The topological polar surface area (TPSA) is 76.7 Å². The minimum atomic E-state index is -0.461. The van der Waals surface area contributed by atoms with Crippen LogP contribution in [0.5, 0.6) is 5.75 Å². The van der Waals surface area contributed by atoms with Gasteiger partial charge in [0.2, 0.25) is 0 Å². The van der Waals surface area contributed by atoms with Gasteiger partial charge in [0.1, 0.15) is 5.75 Å². The van der Waals surface area contributed by atoms with Crippen LogP contribution in [0.4, 0.5) is 10.5 Å². The van der Waals surface area contributed by atoms with Crippen LogP contribution in [0.3, 0.4) is 0 Å². The van der Waals surface area contributed by atoms with Gasteiger partial charge in [0.15, 0.2) is 6.73 Å². The Balaban J connectivity index is 1.86. The third kappa shape index (κ3) is 4.74. The summed E-state index contributed by atoms with van der Waals surface area (Å²) in [7, 11) is 1.31. The van der Waals surface area contributed by atoms with Gasteiger partial charge >= 0.3 is 12.0 Å². The van der Waals surface area contributed by atoms with Crippen LogP contribution in [0.2, 0.25) is 0 Å². The summed E-state index contributed by atoms with van der Waals surface area (Å²) in [6.07, 6.45) is 0. The van der Waals surface area contributed by atoms with Crippen LogP contribution < -0.4 is 15.4 Å². The fourth-order valence-corrected chi connectivity index (χ4v) is 2.16. The van der Waals surface area contributed by atoms with Crippen LogP contribution >= 0.6 is 0 Å². The standard InChI is InChI=1S/C18H20N2O4/c1-12-7-8-16(13(2)9-12)24-11-19-18(22)20-15-6-4-5-14(10-15)17(21)23-3/h4-10H,11H2,1-3H3,(H2,19,20,22). The Labute approximate surface area is 140 Å². The zero-order valence-corrected chi connectivity index (χ0v) is 13.9. The molecule has 0 aliphatic carbocycles. The van der Waals surface area contributed by atoms with Crippen molar-refractivity contribution in [2.75, 3.05) is 19.2 Å². The van der Waals surface area contributed by atoms with Crippen molar-refractivity contribution < 1.29 is 19.1 Å². The Morgan fingerprint density at radius 2 is 1.88 bits per heavy atom. The number of methoxy groups -OCH3 is 1. The first-order valence-electron chi connectivity index (χ1n) is 7.43. The van der Waals surface area contributed by atoms with Crippen molar-refractivity contribution in [3.8, 4) is 5.75 Å². The quantitative estimate of drug-likeness (QED) is 0.652. The average Bonchev–Trinajstić information content (AvgIpc) is 2.56. The number of anilines is 1. The first kappa shape index (κ1) is 17.3. The van der Waals surface area contributed by atoms with E-state index < -0.39 is 12.0 Å². The molecule has 0 spiro atoms. The van der Waals surface area contributed by atoms with E-state index in [9.17, 15) is 9.59 Å². The van der Waals surface area contributed by atoms with E-state index in [1.54, 1.807) is 18.2 Å². The number of urea groups is 1. The van der Waals surface area contributed by atoms with E-state index in [2.05, 4.69) is 15.4 Å². The van der Waals surface area contributed by atoms with Gasteiger partial charge in [0.05, 0.1) is 12.7 Å². The maximum Gasteiger partial charge on any atom is 0.337 e. The van der Waals surface area contributed by atoms with Gasteiger partial charge < -0.3 is 20.1 Å². The molecule has 2 aromatic rings. The average molecular weight is 328 g/mol. The molecular weight excluding hydrogens is 308 g/mol. The van der Waals surface area contributed by atoms with Gasteiger partial charge in [0.25, 0.3) is 0 Å². The van der Waals surface area contributed by atoms with Gasteiger partial charge in [-0.2, -0.15) is 0 Å². The molecule has 2 N–H and O–H groups in total. The molecule has 0 bridgehead atoms. The van der Waals surface area contributed by atoms with E-state index in [-0.39, 0.29) is 6.73 Å². The maximum absolute atomic E-state index is 11.9. The fourth-order valence-electron chi connectivity index (χ4n) is 2.16. The Hall–Kier alpha value is -3.02. The molecule has 0 saturated heterocycles. The number of amides is 2. The summed E-state index contributed by atoms with van der Waals surface area (Å²) >= 11 is 0. The van der Waals surface area contributed by atoms with Crippen LogP contribution in [-0.4, -0.2) is 25.8 Å². The van der Waals surface area contributed by atoms with Gasteiger partial charge in [-0.25, -0.2) is 9.59 Å². The summed E-state index contributed by atoms with van der Waals surface area (Å²) in [5.74, 6) is 0.255. The molecule has 0 saturated carbocycles. The van der Waals surface area contributed by atoms with Crippen LogP contribution in [0, 0.1) is 13.8 Å². The lowest BCUT2D eigenvalue weighted by Gasteiger charge is -2.12. The normalized spacial score (nSPS) is 9.96. The predicted molar refractivity (Wildman–Crippen MR) is 91.3 cm³/mol. The first-order chi connectivity index (χ1) is 11.5. The van der Waals surface area contributed by atoms with E-state index in [0.717, 1.165) is 11.1 Å². The molecule has 0 unspecified atom stereocenters. The highest BCUT2D eigenvalue weighted by atomic mass is 16.5. The number of hydrogen-bond donors (Lipinski definition) is 2. The Kier molecular flexibility index (Phi) is 5.78. The van der Waals surface area contributed by atoms with Crippen LogP contribution in [0.1, 0.15) is 21.5 Å². The van der Waals surface area contributed by atoms with Crippen LogP contribution in [-0.2, 0) is 4.74 Å². The Morgan fingerprint density at radius 1 is 1.08 bits per heavy atom. The third-order valence-electron chi connectivity index (χ3n) is 3.33. The van der Waals surface area contributed by atoms with Gasteiger partial charge in [0, 0.05) is 5.69 Å². The molecule has 0 atom stereocenters. The molecule has 0 radical (unpaired) electrons. The van der Waals surface area contributed by atoms with Crippen molar-refractivity contribution in [2.24, 2.45) is 0 Å². The Morgan fingerprint density at radius 3 is 2.58 bits per heavy atom. The molecule has 0 aromatic heterocycles. The molecule has 0 aliphatic rings. The minimum Gasteiger partial charge on any atom is -0.473 e. The van der Waals surface area contributed by atoms with E-state index >= 15 is 0 Å². The number of benzene rings is 2. The summed E-state index contributed by atoms with van der Waals surface area (Å²) in [6.45, 7) is 3.98. The highest BCUT2D eigenvalue weighted by molar-refractivity contribution is 5.93. The molecule has 0 heterocycles. The molecule has 2 aromatic carbocycles. The lowest BCUT2D eigenvalue weighted by atomic mass is 10.1. The molecule has 126 valence electrons. The van der Waals surface area contributed by atoms with Crippen LogP contribution in [0.15, 0.2) is 42.5 Å². The summed E-state index contributed by atoms with van der Waals surface area (Å²) in [5, 5.41) is 5.23. The van der Waals surface area contributed by atoms with Crippen molar-refractivity contribution in [3.63, 3.8) is 0 Å². The van der Waals surface area contributed by atoms with Crippen molar-refractivity contribution >= 4 is 17.7 Å². The summed E-state index contributed by atoms with van der Waals surface area (Å²) < 4.78 is 10.2. The highest BCUT2D eigenvalue weighted by Crippen LogP contribution is 2.18. The predicted octanol–water partition coefficient (Wildman–Crippen LogP) is 3.25. The second kappa shape index (κ2) is 8.01. The van der Waals surface area contributed by atoms with E-state index in [0.29, 0.717) is 17.0 Å². The molecule has 6 heteroatoms. The van der Waals surface area contributed by atoms with Gasteiger partial charge in [-0.15, -0.1) is 0 Å². The molecule has 0 fully saturated rings. The van der Waals surface area contributed by atoms with Crippen molar-refractivity contribution in [2.45, 2.75) is 13.8 Å². The number of carbonyl (C=O) groups is 2. The number of rotatable bonds is 5. The van der Waals surface area contributed by atoms with Crippen LogP contribution in [0.25, 0.3) is 0 Å². The summed E-state index contributed by atoms with van der Waals surface area (Å²) in [5.41, 5.74) is 3.00. The number of aryl methyl sites for hydroxylation is 2. The zero-order valence-electron chi connectivity index (χ0n) is 13.9. The van der Waals surface area contributed by atoms with Crippen molar-refractivity contribution in [1.29, 1.82) is 0 Å². The first-order valence-corrected chi connectivity index (χ1v) is 7.43. The lowest BCUT2D eigenvalue weighted by Crippen LogP contribution is -2.32. The molecule has 0 aliphatic heterocycles. The largest absolute Gasteiger partial charge is 0.473 e. The number of nitrogens with one attached hydrogen (secondary N) is 2. The second-order valence-electron chi connectivity index (χ2n) is 5.26. The number of hydrogen-bond acceptors (Lipinski definition) is 4. The van der Waals surface area contributed by atoms with E-state index in [4.69, 9.17) is 4.74 Å². The SMILES string of the molecule is COC(=O)c1cccc(NC(=O)NCOc2ccc(C)cc2C)c1. The molecule has 2 amide bonds. The smallest absolute Gasteiger partial charge is 0.337 e. The highest BCUT2D eigenvalue weighted by Gasteiger charge is 2.07. The van der Waals surface area contributed by atoms with Crippen molar-refractivity contribution in [3.05, 3.63) is 59.2 Å². The lowest BCUT2D eigenvalue weighted by molar-refractivity contribution is 0.0600. The fraction of sp³-hybridized carbons (Fsp3) is 0.222. The van der Waals surface area contributed by atoms with Gasteiger partial charge in [-0.3, -0.25) is 0 Å². The number of ether oxygens (including phenoxy) is 2. The molecule has 6 nitrogen and oxygen atoms in total. The van der Waals surface area contributed by atoms with Crippen molar-refractivity contribution in [1.82, 2.24) is 5.32 Å². The van der Waals surface area contributed by atoms with Gasteiger partial charge in [-0.1, -0.05) is 23.8 Å². The Bertz CT molecular complexity index is 744. The molecular formula is C18H20N2O4. The second-order valence-corrected chi connectivity index (χ2v) is 5.26. The zero-order chi connectivity index (χ0) is 17.5. The maximum atomic E-state index is 11.9. The number of esters is 1. The minimum absolute atomic E-state index is 0.0342. The summed E-state index contributed by atoms with van der Waals surface area (Å²) in [6, 6.07) is 11.9. The molecule has 24 heavy (non-hydrogen) atoms.